The van der Waals surface area contributed by atoms with Gasteiger partial charge in [-0.3, -0.25) is 0 Å². The Morgan fingerprint density at radius 1 is 1.15 bits per heavy atom. The van der Waals surface area contributed by atoms with E-state index in [-0.39, 0.29) is 0 Å². The van der Waals surface area contributed by atoms with E-state index in [2.05, 4.69) is 64.1 Å². The van der Waals surface area contributed by atoms with Crippen LogP contribution in [-0.4, -0.2) is 13.7 Å². The van der Waals surface area contributed by atoms with Crippen LogP contribution in [0.15, 0.2) is 46.9 Å². The zero-order valence-corrected chi connectivity index (χ0v) is 13.3. The maximum Gasteiger partial charge on any atom is 0.126 e. The lowest BCUT2D eigenvalue weighted by Gasteiger charge is -2.21. The van der Waals surface area contributed by atoms with Crippen molar-refractivity contribution in [3.8, 4) is 5.75 Å². The first-order valence-electron chi connectivity index (χ1n) is 6.89. The van der Waals surface area contributed by atoms with Crippen LogP contribution in [0.3, 0.4) is 0 Å². The lowest BCUT2D eigenvalue weighted by atomic mass is 9.98. The van der Waals surface area contributed by atoms with Crippen LogP contribution in [0.25, 0.3) is 0 Å². The van der Waals surface area contributed by atoms with E-state index in [1.807, 2.05) is 0 Å². The van der Waals surface area contributed by atoms with Crippen molar-refractivity contribution < 1.29 is 4.74 Å². The van der Waals surface area contributed by atoms with Crippen LogP contribution >= 0.6 is 15.9 Å². The molecule has 0 radical (unpaired) electrons. The van der Waals surface area contributed by atoms with Gasteiger partial charge < -0.3 is 10.5 Å². The molecule has 106 valence electrons. The van der Waals surface area contributed by atoms with Gasteiger partial charge in [-0.1, -0.05) is 46.3 Å². The van der Waals surface area contributed by atoms with Gasteiger partial charge in [0.2, 0.25) is 0 Å². The Hall–Kier alpha value is -1.32. The summed E-state index contributed by atoms with van der Waals surface area (Å²) in [6.45, 7) is 0.844. The Kier molecular flexibility index (Phi) is 5.62. The zero-order chi connectivity index (χ0) is 14.4. The number of ether oxygens (including phenoxy) is 1. The van der Waals surface area contributed by atoms with E-state index in [0.717, 1.165) is 36.1 Å². The summed E-state index contributed by atoms with van der Waals surface area (Å²) in [5, 5.41) is 0. The van der Waals surface area contributed by atoms with Crippen LogP contribution in [0.4, 0.5) is 0 Å². The first-order chi connectivity index (χ1) is 9.83. The van der Waals surface area contributed by atoms with Crippen LogP contribution in [-0.2, 0) is 12.8 Å². The zero-order valence-electron chi connectivity index (χ0n) is 11.7. The number of halogens is 1. The second-order valence-electron chi connectivity index (χ2n) is 4.67. The summed E-state index contributed by atoms with van der Waals surface area (Å²) in [7, 11) is 1.50. The van der Waals surface area contributed by atoms with E-state index in [9.17, 15) is 0 Å². The molecule has 0 aliphatic carbocycles. The quantitative estimate of drug-likeness (QED) is 0.903. The number of hydrogen-bond acceptors (Lipinski definition) is 2. The molecule has 0 bridgehead atoms. The Morgan fingerprint density at radius 2 is 1.90 bits per heavy atom. The van der Waals surface area contributed by atoms with Crippen molar-refractivity contribution in [2.45, 2.75) is 19.3 Å². The molecular weight excluding hydrogens is 314 g/mol. The van der Waals surface area contributed by atoms with Crippen molar-refractivity contribution in [2.24, 2.45) is 5.73 Å². The molecule has 0 amide bonds. The van der Waals surface area contributed by atoms with Crippen molar-refractivity contribution in [3.63, 3.8) is 0 Å². The molecule has 0 fully saturated rings. The summed E-state index contributed by atoms with van der Waals surface area (Å²) < 4.78 is 7.01. The third-order valence-corrected chi connectivity index (χ3v) is 3.74. The number of nitrogens with two attached hydrogens (primary N) is 1. The summed E-state index contributed by atoms with van der Waals surface area (Å²) in [5.41, 5.74) is 8.44. The molecule has 0 unspecified atom stereocenters. The molecule has 0 atom stereocenters. The second kappa shape index (κ2) is 7.46. The van der Waals surface area contributed by atoms with E-state index >= 15 is 0 Å². The smallest absolute Gasteiger partial charge is 0.126 e. The van der Waals surface area contributed by atoms with Crippen molar-refractivity contribution in [2.75, 3.05) is 13.7 Å². The van der Waals surface area contributed by atoms with Gasteiger partial charge in [0.25, 0.3) is 0 Å². The topological polar surface area (TPSA) is 35.2 Å². The maximum absolute atomic E-state index is 5.86. The summed E-state index contributed by atoms with van der Waals surface area (Å²) in [4.78, 5) is 0. The highest BCUT2D eigenvalue weighted by Crippen LogP contribution is 2.33. The molecule has 2 aromatic carbocycles. The van der Waals surface area contributed by atoms with E-state index in [1.165, 1.54) is 23.7 Å². The minimum atomic E-state index is 0.844. The molecule has 1 heterocycles. The van der Waals surface area contributed by atoms with Gasteiger partial charge in [-0.25, -0.2) is 0 Å². The lowest BCUT2D eigenvalue weighted by Crippen LogP contribution is -2.10. The number of fused-ring (bicyclic) bond motifs is 1. The summed E-state index contributed by atoms with van der Waals surface area (Å²) >= 11 is 3.60. The average molecular weight is 334 g/mol. The molecular formula is C17H20BrNO. The number of hydrogen-bond donors (Lipinski definition) is 1. The van der Waals surface area contributed by atoms with Crippen molar-refractivity contribution in [3.05, 3.63) is 63.6 Å². The standard InChI is InChI=1S/C16H15BrO.CH5N/c17-15-10-13-7-4-8-18-16(13)14(11-15)9-12-5-2-1-3-6-12;1-2/h1-3,5-6,10-11H,4,7-9H2;2H2,1H3. The van der Waals surface area contributed by atoms with Crippen molar-refractivity contribution in [1.29, 1.82) is 0 Å². The highest BCUT2D eigenvalue weighted by Gasteiger charge is 2.15. The molecule has 2 aromatic rings. The molecule has 1 aliphatic rings. The lowest BCUT2D eigenvalue weighted by molar-refractivity contribution is 0.285. The van der Waals surface area contributed by atoms with E-state index in [1.54, 1.807) is 0 Å². The number of benzene rings is 2. The normalized spacial score (nSPS) is 12.8. The summed E-state index contributed by atoms with van der Waals surface area (Å²) in [6, 6.07) is 14.9. The summed E-state index contributed by atoms with van der Waals surface area (Å²) in [6.07, 6.45) is 3.17. The van der Waals surface area contributed by atoms with E-state index in [0.29, 0.717) is 0 Å². The fourth-order valence-electron chi connectivity index (χ4n) is 2.47. The van der Waals surface area contributed by atoms with Gasteiger partial charge in [0, 0.05) is 10.9 Å². The van der Waals surface area contributed by atoms with Gasteiger partial charge in [0.1, 0.15) is 5.75 Å². The van der Waals surface area contributed by atoms with Crippen LogP contribution in [0.2, 0.25) is 0 Å². The Labute approximate surface area is 129 Å². The Morgan fingerprint density at radius 3 is 2.65 bits per heavy atom. The van der Waals surface area contributed by atoms with Gasteiger partial charge in [0.05, 0.1) is 6.61 Å². The molecule has 0 saturated heterocycles. The predicted molar refractivity (Wildman–Crippen MR) is 87.3 cm³/mol. The summed E-state index contributed by atoms with van der Waals surface area (Å²) in [5.74, 6) is 1.10. The SMILES string of the molecule is Brc1cc2c(c(Cc3ccccc3)c1)OCCC2.CN. The first-order valence-corrected chi connectivity index (χ1v) is 7.68. The fourth-order valence-corrected chi connectivity index (χ4v) is 3.02. The van der Waals surface area contributed by atoms with Crippen LogP contribution in [0, 0.1) is 0 Å². The second-order valence-corrected chi connectivity index (χ2v) is 5.58. The van der Waals surface area contributed by atoms with Crippen molar-refractivity contribution >= 4 is 15.9 Å². The third kappa shape index (κ3) is 3.62. The molecule has 3 heteroatoms. The molecule has 2 nitrogen and oxygen atoms in total. The molecule has 2 N–H and O–H groups in total. The molecule has 20 heavy (non-hydrogen) atoms. The van der Waals surface area contributed by atoms with E-state index in [4.69, 9.17) is 4.74 Å². The molecule has 1 aliphatic heterocycles. The molecule has 0 saturated carbocycles. The van der Waals surface area contributed by atoms with Gasteiger partial charge in [0.15, 0.2) is 0 Å². The Bertz CT molecular complexity index is 554. The highest BCUT2D eigenvalue weighted by atomic mass is 79.9. The average Bonchev–Trinajstić information content (AvgIpc) is 2.50. The van der Waals surface area contributed by atoms with E-state index < -0.39 is 0 Å². The Balaban J connectivity index is 0.000000704. The van der Waals surface area contributed by atoms with Gasteiger partial charge in [-0.15, -0.1) is 0 Å². The number of rotatable bonds is 2. The predicted octanol–water partition coefficient (Wildman–Crippen LogP) is 3.94. The maximum atomic E-state index is 5.86. The van der Waals surface area contributed by atoms with Crippen molar-refractivity contribution in [1.82, 2.24) is 0 Å². The van der Waals surface area contributed by atoms with Gasteiger partial charge in [-0.2, -0.15) is 0 Å². The highest BCUT2D eigenvalue weighted by molar-refractivity contribution is 9.10. The number of aryl methyl sites for hydroxylation is 1. The van der Waals surface area contributed by atoms with Crippen LogP contribution in [0.1, 0.15) is 23.1 Å². The third-order valence-electron chi connectivity index (χ3n) is 3.28. The monoisotopic (exact) mass is 333 g/mol. The molecule has 0 aromatic heterocycles. The minimum absolute atomic E-state index is 0.844. The molecule has 0 spiro atoms. The minimum Gasteiger partial charge on any atom is -0.493 e. The van der Waals surface area contributed by atoms with Gasteiger partial charge >= 0.3 is 0 Å². The van der Waals surface area contributed by atoms with Gasteiger partial charge in [-0.05, 0) is 48.7 Å². The largest absolute Gasteiger partial charge is 0.493 e. The fraction of sp³-hybridized carbons (Fsp3) is 0.294. The van der Waals surface area contributed by atoms with Crippen LogP contribution in [0.5, 0.6) is 5.75 Å². The first kappa shape index (κ1) is 15.1. The molecule has 3 rings (SSSR count). The van der Waals surface area contributed by atoms with Crippen LogP contribution < -0.4 is 10.5 Å².